The number of hydrogen-bond acceptors (Lipinski definition) is 3. The molecular formula is C13H27N3O. The molecule has 0 bridgehead atoms. The van der Waals surface area contributed by atoms with E-state index in [0.717, 1.165) is 32.5 Å². The van der Waals surface area contributed by atoms with Crippen molar-refractivity contribution in [3.63, 3.8) is 0 Å². The number of nitrogens with zero attached hydrogens (tertiary/aromatic N) is 1. The molecule has 1 aliphatic rings. The highest BCUT2D eigenvalue weighted by atomic mass is 16.1. The standard InChI is InChI=1S/C13H27N3O/c1-11(2)14-7-4-8-16-9-5-13(6-10-16)15-12(3)17/h11,13-14H,4-10H2,1-3H3,(H,15,17). The average Bonchev–Trinajstić information content (AvgIpc) is 2.25. The number of hydrogen-bond donors (Lipinski definition) is 2. The quantitative estimate of drug-likeness (QED) is 0.681. The Bertz CT molecular complexity index is 223. The third-order valence-electron chi connectivity index (χ3n) is 3.20. The summed E-state index contributed by atoms with van der Waals surface area (Å²) in [5.74, 6) is 0.101. The predicted octanol–water partition coefficient (Wildman–Crippen LogP) is 0.975. The van der Waals surface area contributed by atoms with E-state index < -0.39 is 0 Å². The zero-order chi connectivity index (χ0) is 12.7. The van der Waals surface area contributed by atoms with E-state index in [1.165, 1.54) is 13.0 Å². The van der Waals surface area contributed by atoms with Crippen LogP contribution < -0.4 is 10.6 Å². The van der Waals surface area contributed by atoms with Gasteiger partial charge in [-0.15, -0.1) is 0 Å². The normalized spacial score (nSPS) is 18.6. The predicted molar refractivity (Wildman–Crippen MR) is 71.0 cm³/mol. The van der Waals surface area contributed by atoms with Crippen molar-refractivity contribution in [2.75, 3.05) is 26.2 Å². The first kappa shape index (κ1) is 14.5. The Kier molecular flexibility index (Phi) is 6.52. The molecule has 0 aliphatic carbocycles. The highest BCUT2D eigenvalue weighted by molar-refractivity contribution is 5.73. The second-order valence-corrected chi connectivity index (χ2v) is 5.28. The minimum atomic E-state index is 0.101. The maximum atomic E-state index is 10.9. The minimum absolute atomic E-state index is 0.101. The van der Waals surface area contributed by atoms with Crippen LogP contribution in [0.15, 0.2) is 0 Å². The molecule has 100 valence electrons. The van der Waals surface area contributed by atoms with Gasteiger partial charge in [-0.1, -0.05) is 13.8 Å². The molecule has 0 atom stereocenters. The van der Waals surface area contributed by atoms with E-state index in [1.807, 2.05) is 0 Å². The van der Waals surface area contributed by atoms with Gasteiger partial charge in [-0.05, 0) is 32.4 Å². The molecule has 4 nitrogen and oxygen atoms in total. The topological polar surface area (TPSA) is 44.4 Å². The summed E-state index contributed by atoms with van der Waals surface area (Å²) >= 11 is 0. The average molecular weight is 241 g/mol. The number of amides is 1. The molecule has 0 aromatic rings. The van der Waals surface area contributed by atoms with Gasteiger partial charge < -0.3 is 15.5 Å². The number of carbonyl (C=O) groups is 1. The molecule has 17 heavy (non-hydrogen) atoms. The Hall–Kier alpha value is -0.610. The Morgan fingerprint density at radius 1 is 1.35 bits per heavy atom. The first-order valence-corrected chi connectivity index (χ1v) is 6.80. The lowest BCUT2D eigenvalue weighted by atomic mass is 10.0. The summed E-state index contributed by atoms with van der Waals surface area (Å²) in [4.78, 5) is 13.4. The number of rotatable bonds is 6. The maximum Gasteiger partial charge on any atom is 0.217 e. The fraction of sp³-hybridized carbons (Fsp3) is 0.923. The van der Waals surface area contributed by atoms with E-state index in [2.05, 4.69) is 29.4 Å². The maximum absolute atomic E-state index is 10.9. The van der Waals surface area contributed by atoms with Gasteiger partial charge >= 0.3 is 0 Å². The van der Waals surface area contributed by atoms with Gasteiger partial charge in [-0.2, -0.15) is 0 Å². The second-order valence-electron chi connectivity index (χ2n) is 5.28. The van der Waals surface area contributed by atoms with E-state index in [0.29, 0.717) is 12.1 Å². The van der Waals surface area contributed by atoms with Crippen molar-refractivity contribution in [3.8, 4) is 0 Å². The van der Waals surface area contributed by atoms with E-state index in [1.54, 1.807) is 6.92 Å². The number of piperidine rings is 1. The smallest absolute Gasteiger partial charge is 0.217 e. The molecule has 1 heterocycles. The van der Waals surface area contributed by atoms with Gasteiger partial charge in [0.1, 0.15) is 0 Å². The van der Waals surface area contributed by atoms with Gasteiger partial charge in [0.2, 0.25) is 5.91 Å². The zero-order valence-corrected chi connectivity index (χ0v) is 11.5. The lowest BCUT2D eigenvalue weighted by molar-refractivity contribution is -0.119. The van der Waals surface area contributed by atoms with Crippen LogP contribution >= 0.6 is 0 Å². The highest BCUT2D eigenvalue weighted by Crippen LogP contribution is 2.10. The van der Waals surface area contributed by atoms with E-state index in [9.17, 15) is 4.79 Å². The van der Waals surface area contributed by atoms with Crippen LogP contribution in [0.3, 0.4) is 0 Å². The van der Waals surface area contributed by atoms with Gasteiger partial charge in [-0.25, -0.2) is 0 Å². The van der Waals surface area contributed by atoms with Gasteiger partial charge in [0, 0.05) is 32.1 Å². The number of nitrogens with one attached hydrogen (secondary N) is 2. The van der Waals surface area contributed by atoms with Gasteiger partial charge in [0.25, 0.3) is 0 Å². The van der Waals surface area contributed by atoms with Crippen LogP contribution in [0.4, 0.5) is 0 Å². The molecule has 0 unspecified atom stereocenters. The largest absolute Gasteiger partial charge is 0.354 e. The van der Waals surface area contributed by atoms with Crippen LogP contribution in [-0.2, 0) is 4.79 Å². The summed E-state index contributed by atoms with van der Waals surface area (Å²) in [5, 5.41) is 6.44. The van der Waals surface area contributed by atoms with E-state index in [-0.39, 0.29) is 5.91 Å². The van der Waals surface area contributed by atoms with Gasteiger partial charge in [-0.3, -0.25) is 4.79 Å². The first-order valence-electron chi connectivity index (χ1n) is 6.80. The van der Waals surface area contributed by atoms with E-state index in [4.69, 9.17) is 0 Å². The van der Waals surface area contributed by atoms with Crippen molar-refractivity contribution in [2.24, 2.45) is 0 Å². The zero-order valence-electron chi connectivity index (χ0n) is 11.5. The van der Waals surface area contributed by atoms with Crippen LogP contribution in [-0.4, -0.2) is 49.1 Å². The van der Waals surface area contributed by atoms with Crippen molar-refractivity contribution >= 4 is 5.91 Å². The molecule has 1 aliphatic heterocycles. The summed E-state index contributed by atoms with van der Waals surface area (Å²) in [6, 6.07) is 0.984. The van der Waals surface area contributed by atoms with Crippen LogP contribution in [0.1, 0.15) is 40.0 Å². The number of likely N-dealkylation sites (tertiary alicyclic amines) is 1. The highest BCUT2D eigenvalue weighted by Gasteiger charge is 2.18. The van der Waals surface area contributed by atoms with Gasteiger partial charge in [0.05, 0.1) is 0 Å². The van der Waals surface area contributed by atoms with Crippen molar-refractivity contribution < 1.29 is 4.79 Å². The molecule has 1 amide bonds. The molecule has 1 fully saturated rings. The van der Waals surface area contributed by atoms with Crippen LogP contribution in [0.25, 0.3) is 0 Å². The SMILES string of the molecule is CC(=O)NC1CCN(CCCNC(C)C)CC1. The Balaban J connectivity index is 2.05. The Labute approximate surface area is 105 Å². The summed E-state index contributed by atoms with van der Waals surface area (Å²) in [6.45, 7) is 10.5. The van der Waals surface area contributed by atoms with Crippen molar-refractivity contribution in [3.05, 3.63) is 0 Å². The molecule has 0 aromatic carbocycles. The monoisotopic (exact) mass is 241 g/mol. The molecule has 0 radical (unpaired) electrons. The fourth-order valence-electron chi connectivity index (χ4n) is 2.28. The summed E-state index contributed by atoms with van der Waals surface area (Å²) < 4.78 is 0. The molecule has 1 rings (SSSR count). The lowest BCUT2D eigenvalue weighted by Crippen LogP contribution is -2.44. The summed E-state index contributed by atoms with van der Waals surface area (Å²) in [5.41, 5.74) is 0. The molecule has 0 saturated carbocycles. The summed E-state index contributed by atoms with van der Waals surface area (Å²) in [6.07, 6.45) is 3.40. The molecular weight excluding hydrogens is 214 g/mol. The third kappa shape index (κ3) is 6.64. The summed E-state index contributed by atoms with van der Waals surface area (Å²) in [7, 11) is 0. The number of carbonyl (C=O) groups excluding carboxylic acids is 1. The second kappa shape index (κ2) is 7.67. The molecule has 4 heteroatoms. The minimum Gasteiger partial charge on any atom is -0.354 e. The molecule has 0 spiro atoms. The molecule has 2 N–H and O–H groups in total. The molecule has 1 saturated heterocycles. The Morgan fingerprint density at radius 2 is 2.00 bits per heavy atom. The fourth-order valence-corrected chi connectivity index (χ4v) is 2.28. The van der Waals surface area contributed by atoms with Gasteiger partial charge in [0.15, 0.2) is 0 Å². The molecule has 0 aromatic heterocycles. The van der Waals surface area contributed by atoms with Crippen molar-refractivity contribution in [2.45, 2.75) is 52.1 Å². The Morgan fingerprint density at radius 3 is 2.53 bits per heavy atom. The lowest BCUT2D eigenvalue weighted by Gasteiger charge is -2.32. The van der Waals surface area contributed by atoms with Crippen LogP contribution in [0.5, 0.6) is 0 Å². The first-order chi connectivity index (χ1) is 8.08. The van der Waals surface area contributed by atoms with Crippen molar-refractivity contribution in [1.82, 2.24) is 15.5 Å². The third-order valence-corrected chi connectivity index (χ3v) is 3.20. The van der Waals surface area contributed by atoms with Crippen LogP contribution in [0, 0.1) is 0 Å². The van der Waals surface area contributed by atoms with Crippen molar-refractivity contribution in [1.29, 1.82) is 0 Å². The van der Waals surface area contributed by atoms with E-state index >= 15 is 0 Å². The van der Waals surface area contributed by atoms with Crippen LogP contribution in [0.2, 0.25) is 0 Å².